The van der Waals surface area contributed by atoms with Crippen LogP contribution in [0.15, 0.2) is 0 Å². The third kappa shape index (κ3) is 3.47. The Hall–Kier alpha value is -0.570. The molecule has 3 nitrogen and oxygen atoms in total. The van der Waals surface area contributed by atoms with Crippen LogP contribution in [0.5, 0.6) is 0 Å². The van der Waals surface area contributed by atoms with Gasteiger partial charge in [-0.05, 0) is 44.4 Å². The van der Waals surface area contributed by atoms with Gasteiger partial charge < -0.3 is 11.1 Å². The number of nitrogens with one attached hydrogen (secondary N) is 1. The van der Waals surface area contributed by atoms with Gasteiger partial charge in [-0.3, -0.25) is 4.79 Å². The molecule has 104 valence electrons. The topological polar surface area (TPSA) is 55.1 Å². The Morgan fingerprint density at radius 2 is 1.89 bits per heavy atom. The highest BCUT2D eigenvalue weighted by molar-refractivity contribution is 5.80. The predicted molar refractivity (Wildman–Crippen MR) is 74.1 cm³/mol. The molecule has 18 heavy (non-hydrogen) atoms. The van der Waals surface area contributed by atoms with Gasteiger partial charge in [-0.2, -0.15) is 0 Å². The van der Waals surface area contributed by atoms with Crippen molar-refractivity contribution >= 4 is 5.91 Å². The first-order valence-corrected chi connectivity index (χ1v) is 7.76. The molecule has 3 N–H and O–H groups in total. The summed E-state index contributed by atoms with van der Waals surface area (Å²) in [5.41, 5.74) is 5.99. The Morgan fingerprint density at radius 1 is 1.17 bits per heavy atom. The van der Waals surface area contributed by atoms with Gasteiger partial charge in [0.25, 0.3) is 0 Å². The van der Waals surface area contributed by atoms with Crippen LogP contribution >= 0.6 is 0 Å². The predicted octanol–water partition coefficient (Wildman–Crippen LogP) is 2.59. The minimum atomic E-state index is 0.0818. The lowest BCUT2D eigenvalue weighted by Gasteiger charge is -2.30. The molecule has 0 aromatic carbocycles. The molecule has 2 atom stereocenters. The third-order valence-corrected chi connectivity index (χ3v) is 4.80. The van der Waals surface area contributed by atoms with E-state index >= 15 is 0 Å². The van der Waals surface area contributed by atoms with Crippen molar-refractivity contribution in [3.8, 4) is 0 Å². The number of hydrogen-bond donors (Lipinski definition) is 2. The van der Waals surface area contributed by atoms with Crippen LogP contribution < -0.4 is 11.1 Å². The number of carbonyl (C=O) groups excluding carboxylic acids is 1. The molecule has 2 unspecified atom stereocenters. The van der Waals surface area contributed by atoms with E-state index in [-0.39, 0.29) is 17.9 Å². The number of amides is 1. The highest BCUT2D eigenvalue weighted by atomic mass is 16.2. The monoisotopic (exact) mass is 252 g/mol. The van der Waals surface area contributed by atoms with E-state index in [2.05, 4.69) is 12.2 Å². The standard InChI is InChI=1S/C15H28N2O/c1-2-4-11-7-9-12(10-8-11)17-15(18)13-5-3-6-14(13)16/h11-14H,2-10,16H2,1H3,(H,17,18). The molecule has 0 radical (unpaired) electrons. The van der Waals surface area contributed by atoms with Crippen LogP contribution in [0.3, 0.4) is 0 Å². The van der Waals surface area contributed by atoms with Gasteiger partial charge in [-0.15, -0.1) is 0 Å². The lowest BCUT2D eigenvalue weighted by atomic mass is 9.83. The summed E-state index contributed by atoms with van der Waals surface area (Å²) in [7, 11) is 0. The minimum Gasteiger partial charge on any atom is -0.353 e. The normalized spacial score (nSPS) is 36.6. The van der Waals surface area contributed by atoms with Crippen molar-refractivity contribution in [1.82, 2.24) is 5.32 Å². The molecule has 2 fully saturated rings. The second kappa shape index (κ2) is 6.55. The van der Waals surface area contributed by atoms with E-state index in [1.807, 2.05) is 0 Å². The first kappa shape index (κ1) is 13.9. The van der Waals surface area contributed by atoms with Crippen molar-refractivity contribution in [2.45, 2.75) is 76.8 Å². The quantitative estimate of drug-likeness (QED) is 0.808. The van der Waals surface area contributed by atoms with Gasteiger partial charge in [0.05, 0.1) is 5.92 Å². The van der Waals surface area contributed by atoms with E-state index in [1.54, 1.807) is 0 Å². The van der Waals surface area contributed by atoms with Crippen LogP contribution in [0, 0.1) is 11.8 Å². The van der Waals surface area contributed by atoms with Gasteiger partial charge >= 0.3 is 0 Å². The lowest BCUT2D eigenvalue weighted by molar-refractivity contribution is -0.126. The molecule has 0 aromatic heterocycles. The molecule has 0 saturated heterocycles. The Labute approximate surface area is 111 Å². The van der Waals surface area contributed by atoms with Gasteiger partial charge in [0.1, 0.15) is 0 Å². The summed E-state index contributed by atoms with van der Waals surface area (Å²) in [5.74, 6) is 1.20. The molecule has 0 heterocycles. The molecule has 2 rings (SSSR count). The number of nitrogens with two attached hydrogens (primary N) is 1. The third-order valence-electron chi connectivity index (χ3n) is 4.80. The first-order chi connectivity index (χ1) is 8.70. The smallest absolute Gasteiger partial charge is 0.224 e. The summed E-state index contributed by atoms with van der Waals surface area (Å²) >= 11 is 0. The Balaban J connectivity index is 1.72. The fourth-order valence-corrected chi connectivity index (χ4v) is 3.63. The van der Waals surface area contributed by atoms with Crippen molar-refractivity contribution < 1.29 is 4.79 Å². The average molecular weight is 252 g/mol. The van der Waals surface area contributed by atoms with E-state index in [1.165, 1.54) is 38.5 Å². The summed E-state index contributed by atoms with van der Waals surface area (Å²) in [5, 5.41) is 3.23. The lowest BCUT2D eigenvalue weighted by Crippen LogP contribution is -2.44. The number of carbonyl (C=O) groups is 1. The maximum absolute atomic E-state index is 12.1. The highest BCUT2D eigenvalue weighted by Gasteiger charge is 2.32. The van der Waals surface area contributed by atoms with E-state index in [0.717, 1.165) is 25.2 Å². The average Bonchev–Trinajstić information content (AvgIpc) is 2.78. The Morgan fingerprint density at radius 3 is 2.44 bits per heavy atom. The van der Waals surface area contributed by atoms with Gasteiger partial charge in [-0.25, -0.2) is 0 Å². The summed E-state index contributed by atoms with van der Waals surface area (Å²) in [6.45, 7) is 2.26. The molecule has 2 aliphatic rings. The van der Waals surface area contributed by atoms with Gasteiger partial charge in [0.15, 0.2) is 0 Å². The highest BCUT2D eigenvalue weighted by Crippen LogP contribution is 2.29. The van der Waals surface area contributed by atoms with E-state index in [9.17, 15) is 4.79 Å². The van der Waals surface area contributed by atoms with Crippen LogP contribution in [-0.4, -0.2) is 18.0 Å². The largest absolute Gasteiger partial charge is 0.353 e. The molecular formula is C15H28N2O. The fraction of sp³-hybridized carbons (Fsp3) is 0.933. The van der Waals surface area contributed by atoms with Crippen molar-refractivity contribution in [2.24, 2.45) is 17.6 Å². The maximum Gasteiger partial charge on any atom is 0.224 e. The van der Waals surface area contributed by atoms with Crippen LogP contribution in [0.2, 0.25) is 0 Å². The first-order valence-electron chi connectivity index (χ1n) is 7.76. The zero-order valence-corrected chi connectivity index (χ0v) is 11.7. The number of hydrogen-bond acceptors (Lipinski definition) is 2. The summed E-state index contributed by atoms with van der Waals surface area (Å²) in [4.78, 5) is 12.1. The van der Waals surface area contributed by atoms with Crippen molar-refractivity contribution in [1.29, 1.82) is 0 Å². The van der Waals surface area contributed by atoms with Crippen LogP contribution in [-0.2, 0) is 4.79 Å². The van der Waals surface area contributed by atoms with E-state index in [0.29, 0.717) is 6.04 Å². The van der Waals surface area contributed by atoms with E-state index in [4.69, 9.17) is 5.73 Å². The summed E-state index contributed by atoms with van der Waals surface area (Å²) < 4.78 is 0. The molecule has 2 aliphatic carbocycles. The zero-order chi connectivity index (χ0) is 13.0. The summed E-state index contributed by atoms with van der Waals surface area (Å²) in [6, 6.07) is 0.514. The van der Waals surface area contributed by atoms with Crippen LogP contribution in [0.1, 0.15) is 64.7 Å². The van der Waals surface area contributed by atoms with Gasteiger partial charge in [-0.1, -0.05) is 26.2 Å². The second-order valence-corrected chi connectivity index (χ2v) is 6.22. The molecule has 2 saturated carbocycles. The molecule has 0 spiro atoms. The van der Waals surface area contributed by atoms with Crippen molar-refractivity contribution in [3.63, 3.8) is 0 Å². The molecular weight excluding hydrogens is 224 g/mol. The Bertz CT molecular complexity index is 272. The molecule has 1 amide bonds. The zero-order valence-electron chi connectivity index (χ0n) is 11.7. The molecule has 0 bridgehead atoms. The molecule has 3 heteroatoms. The van der Waals surface area contributed by atoms with Gasteiger partial charge in [0, 0.05) is 12.1 Å². The summed E-state index contributed by atoms with van der Waals surface area (Å²) in [6.07, 6.45) is 10.7. The Kier molecular flexibility index (Phi) is 5.04. The van der Waals surface area contributed by atoms with Gasteiger partial charge in [0.2, 0.25) is 5.91 Å². The maximum atomic E-state index is 12.1. The SMILES string of the molecule is CCCC1CCC(NC(=O)C2CCCC2N)CC1. The second-order valence-electron chi connectivity index (χ2n) is 6.22. The minimum absolute atomic E-state index is 0.0818. The molecule has 0 aromatic rings. The van der Waals surface area contributed by atoms with Crippen LogP contribution in [0.4, 0.5) is 0 Å². The molecule has 0 aliphatic heterocycles. The fourth-order valence-electron chi connectivity index (χ4n) is 3.63. The van der Waals surface area contributed by atoms with Crippen molar-refractivity contribution in [2.75, 3.05) is 0 Å². The van der Waals surface area contributed by atoms with E-state index < -0.39 is 0 Å². The van der Waals surface area contributed by atoms with Crippen LogP contribution in [0.25, 0.3) is 0 Å². The number of rotatable bonds is 4. The van der Waals surface area contributed by atoms with Crippen molar-refractivity contribution in [3.05, 3.63) is 0 Å².